The van der Waals surface area contributed by atoms with E-state index in [9.17, 15) is 18.0 Å². The number of anilines is 1. The molecule has 1 amide bonds. The van der Waals surface area contributed by atoms with Gasteiger partial charge in [-0.1, -0.05) is 19.4 Å². The van der Waals surface area contributed by atoms with Gasteiger partial charge in [-0.15, -0.1) is 0 Å². The minimum Gasteiger partial charge on any atom is -0.354 e. The number of aromatic nitrogens is 1. The molecule has 1 heterocycles. The highest BCUT2D eigenvalue weighted by molar-refractivity contribution is 7.89. The number of rotatable bonds is 8. The zero-order chi connectivity index (χ0) is 20.2. The molecule has 2 aromatic rings. The minimum atomic E-state index is -3.63. The van der Waals surface area contributed by atoms with Gasteiger partial charge in [-0.3, -0.25) is 9.59 Å². The monoisotopic (exact) mass is 391 g/mol. The SMILES string of the molecule is CCCCNS(=O)(=O)c1cccc(NC(=O)c2[nH]c(C)c(C(C)=O)c2C)c1. The van der Waals surface area contributed by atoms with Gasteiger partial charge in [0.2, 0.25) is 10.0 Å². The maximum absolute atomic E-state index is 12.6. The van der Waals surface area contributed by atoms with E-state index >= 15 is 0 Å². The Kier molecular flexibility index (Phi) is 6.56. The first-order valence-electron chi connectivity index (χ1n) is 8.78. The van der Waals surface area contributed by atoms with Crippen LogP contribution in [0.15, 0.2) is 29.2 Å². The van der Waals surface area contributed by atoms with Crippen LogP contribution in [0.3, 0.4) is 0 Å². The number of ketones is 1. The van der Waals surface area contributed by atoms with E-state index in [0.717, 1.165) is 12.8 Å². The van der Waals surface area contributed by atoms with Gasteiger partial charge in [-0.05, 0) is 51.0 Å². The van der Waals surface area contributed by atoms with E-state index in [2.05, 4.69) is 15.0 Å². The molecule has 1 aromatic carbocycles. The summed E-state index contributed by atoms with van der Waals surface area (Å²) in [6, 6.07) is 6.06. The van der Waals surface area contributed by atoms with E-state index in [1.54, 1.807) is 26.0 Å². The molecule has 27 heavy (non-hydrogen) atoms. The number of H-pyrrole nitrogens is 1. The van der Waals surface area contributed by atoms with Crippen molar-refractivity contribution in [2.45, 2.75) is 45.4 Å². The molecular formula is C19H25N3O4S. The Bertz CT molecular complexity index is 961. The number of aromatic amines is 1. The smallest absolute Gasteiger partial charge is 0.272 e. The lowest BCUT2D eigenvalue weighted by atomic mass is 10.1. The molecule has 1 aromatic heterocycles. The number of carbonyl (C=O) groups excluding carboxylic acids is 2. The van der Waals surface area contributed by atoms with Crippen molar-refractivity contribution >= 4 is 27.4 Å². The predicted molar refractivity (Wildman–Crippen MR) is 105 cm³/mol. The lowest BCUT2D eigenvalue weighted by Gasteiger charge is -2.09. The molecule has 0 radical (unpaired) electrons. The summed E-state index contributed by atoms with van der Waals surface area (Å²) in [5, 5.41) is 2.68. The van der Waals surface area contributed by atoms with E-state index in [-0.39, 0.29) is 16.4 Å². The Balaban J connectivity index is 2.23. The topological polar surface area (TPSA) is 108 Å². The Labute approximate surface area is 159 Å². The maximum atomic E-state index is 12.6. The number of benzene rings is 1. The molecule has 0 bridgehead atoms. The van der Waals surface area contributed by atoms with E-state index in [1.165, 1.54) is 19.1 Å². The zero-order valence-corrected chi connectivity index (χ0v) is 16.8. The number of nitrogens with one attached hydrogen (secondary N) is 3. The third kappa shape index (κ3) is 4.84. The Hall–Kier alpha value is -2.45. The summed E-state index contributed by atoms with van der Waals surface area (Å²) in [5.41, 5.74) is 2.34. The molecule has 0 aliphatic heterocycles. The summed E-state index contributed by atoms with van der Waals surface area (Å²) < 4.78 is 27.2. The number of Topliss-reactive ketones (excluding diaryl/α,β-unsaturated/α-hetero) is 1. The summed E-state index contributed by atoms with van der Waals surface area (Å²) in [7, 11) is -3.63. The molecule has 146 valence electrons. The van der Waals surface area contributed by atoms with Crippen LogP contribution in [0.2, 0.25) is 0 Å². The molecule has 0 saturated heterocycles. The van der Waals surface area contributed by atoms with Crippen LogP contribution in [-0.2, 0) is 10.0 Å². The first kappa shape index (κ1) is 20.9. The number of aryl methyl sites for hydroxylation is 1. The third-order valence-corrected chi connectivity index (χ3v) is 5.70. The van der Waals surface area contributed by atoms with Crippen molar-refractivity contribution in [3.63, 3.8) is 0 Å². The van der Waals surface area contributed by atoms with Gasteiger partial charge in [0.15, 0.2) is 5.78 Å². The molecule has 0 spiro atoms. The first-order valence-corrected chi connectivity index (χ1v) is 10.3. The largest absolute Gasteiger partial charge is 0.354 e. The number of carbonyl (C=O) groups is 2. The number of sulfonamides is 1. The highest BCUT2D eigenvalue weighted by Gasteiger charge is 2.20. The summed E-state index contributed by atoms with van der Waals surface area (Å²) in [4.78, 5) is 27.3. The van der Waals surface area contributed by atoms with Crippen molar-refractivity contribution in [1.82, 2.24) is 9.71 Å². The Morgan fingerprint density at radius 2 is 1.89 bits per heavy atom. The molecule has 7 nitrogen and oxygen atoms in total. The van der Waals surface area contributed by atoms with Gasteiger partial charge in [0.25, 0.3) is 5.91 Å². The van der Waals surface area contributed by atoms with Crippen LogP contribution >= 0.6 is 0 Å². The second-order valence-corrected chi connectivity index (χ2v) is 8.18. The molecule has 0 unspecified atom stereocenters. The van der Waals surface area contributed by atoms with Crippen LogP contribution in [0.1, 0.15) is 58.8 Å². The lowest BCUT2D eigenvalue weighted by Crippen LogP contribution is -2.25. The highest BCUT2D eigenvalue weighted by Crippen LogP contribution is 2.21. The molecule has 0 atom stereocenters. The van der Waals surface area contributed by atoms with Gasteiger partial charge in [-0.2, -0.15) is 0 Å². The molecule has 0 saturated carbocycles. The van der Waals surface area contributed by atoms with Crippen LogP contribution in [0.25, 0.3) is 0 Å². The standard InChI is InChI=1S/C19H25N3O4S/c1-5-6-10-20-27(25,26)16-9-7-8-15(11-16)22-19(24)18-12(2)17(14(4)23)13(3)21-18/h7-9,11,20-21H,5-6,10H2,1-4H3,(H,22,24). The van der Waals surface area contributed by atoms with Gasteiger partial charge in [0.05, 0.1) is 4.90 Å². The lowest BCUT2D eigenvalue weighted by molar-refractivity contribution is 0.101. The highest BCUT2D eigenvalue weighted by atomic mass is 32.2. The van der Waals surface area contributed by atoms with Gasteiger partial charge < -0.3 is 10.3 Å². The fourth-order valence-corrected chi connectivity index (χ4v) is 4.03. The normalized spacial score (nSPS) is 11.4. The van der Waals surface area contributed by atoms with Crippen molar-refractivity contribution in [2.24, 2.45) is 0 Å². The molecule has 0 aliphatic rings. The molecule has 3 N–H and O–H groups in total. The molecular weight excluding hydrogens is 366 g/mol. The van der Waals surface area contributed by atoms with Crippen molar-refractivity contribution in [3.05, 3.63) is 46.8 Å². The van der Waals surface area contributed by atoms with E-state index in [1.807, 2.05) is 6.92 Å². The third-order valence-electron chi connectivity index (χ3n) is 4.24. The molecule has 0 fully saturated rings. The molecule has 0 aliphatic carbocycles. The fourth-order valence-electron chi connectivity index (χ4n) is 2.91. The second kappa shape index (κ2) is 8.49. The van der Waals surface area contributed by atoms with E-state index in [0.29, 0.717) is 29.1 Å². The number of hydrogen-bond acceptors (Lipinski definition) is 4. The van der Waals surface area contributed by atoms with Crippen LogP contribution < -0.4 is 10.0 Å². The van der Waals surface area contributed by atoms with Crippen molar-refractivity contribution < 1.29 is 18.0 Å². The summed E-state index contributed by atoms with van der Waals surface area (Å²) in [6.07, 6.45) is 1.63. The van der Waals surface area contributed by atoms with E-state index in [4.69, 9.17) is 0 Å². The number of amides is 1. The van der Waals surface area contributed by atoms with Gasteiger partial charge in [-0.25, -0.2) is 13.1 Å². The summed E-state index contributed by atoms with van der Waals surface area (Å²) in [5.74, 6) is -0.553. The summed E-state index contributed by atoms with van der Waals surface area (Å²) >= 11 is 0. The van der Waals surface area contributed by atoms with Crippen LogP contribution in [-0.4, -0.2) is 31.6 Å². The average Bonchev–Trinajstić information content (AvgIpc) is 2.90. The Morgan fingerprint density at radius 3 is 2.48 bits per heavy atom. The van der Waals surface area contributed by atoms with E-state index < -0.39 is 15.9 Å². The Morgan fingerprint density at radius 1 is 1.19 bits per heavy atom. The summed E-state index contributed by atoms with van der Waals surface area (Å²) in [6.45, 7) is 7.23. The van der Waals surface area contributed by atoms with Gasteiger partial charge in [0, 0.05) is 23.5 Å². The predicted octanol–water partition coefficient (Wildman–Crippen LogP) is 3.16. The zero-order valence-electron chi connectivity index (χ0n) is 16.0. The second-order valence-electron chi connectivity index (χ2n) is 6.41. The van der Waals surface area contributed by atoms with Crippen molar-refractivity contribution in [3.8, 4) is 0 Å². The minimum absolute atomic E-state index is 0.0835. The fraction of sp³-hybridized carbons (Fsp3) is 0.368. The molecule has 2 rings (SSSR count). The quantitative estimate of drug-likeness (QED) is 0.474. The molecule has 8 heteroatoms. The van der Waals surface area contributed by atoms with Crippen molar-refractivity contribution in [1.29, 1.82) is 0 Å². The van der Waals surface area contributed by atoms with Crippen LogP contribution in [0, 0.1) is 13.8 Å². The van der Waals surface area contributed by atoms with Crippen molar-refractivity contribution in [2.75, 3.05) is 11.9 Å². The van der Waals surface area contributed by atoms with Gasteiger partial charge >= 0.3 is 0 Å². The van der Waals surface area contributed by atoms with Crippen LogP contribution in [0.5, 0.6) is 0 Å². The first-order chi connectivity index (χ1) is 12.7. The van der Waals surface area contributed by atoms with Gasteiger partial charge in [0.1, 0.15) is 5.69 Å². The van der Waals surface area contributed by atoms with Crippen LogP contribution in [0.4, 0.5) is 5.69 Å². The number of hydrogen-bond donors (Lipinski definition) is 3. The number of unbranched alkanes of at least 4 members (excludes halogenated alkanes) is 1. The maximum Gasteiger partial charge on any atom is 0.272 e. The average molecular weight is 391 g/mol.